The van der Waals surface area contributed by atoms with Crippen molar-refractivity contribution in [3.63, 3.8) is 0 Å². The number of piperidine rings is 1. The zero-order valence-corrected chi connectivity index (χ0v) is 15.7. The van der Waals surface area contributed by atoms with Gasteiger partial charge in [-0.1, -0.05) is 0 Å². The van der Waals surface area contributed by atoms with Crippen LogP contribution in [0.25, 0.3) is 0 Å². The van der Waals surface area contributed by atoms with Crippen molar-refractivity contribution in [3.8, 4) is 0 Å². The van der Waals surface area contributed by atoms with E-state index in [9.17, 15) is 9.59 Å². The summed E-state index contributed by atoms with van der Waals surface area (Å²) in [6, 6.07) is 0.537. The topological polar surface area (TPSA) is 49.9 Å². The van der Waals surface area contributed by atoms with Crippen molar-refractivity contribution in [1.29, 1.82) is 0 Å². The lowest BCUT2D eigenvalue weighted by Gasteiger charge is -2.40. The van der Waals surface area contributed by atoms with Crippen LogP contribution in [0.1, 0.15) is 52.9 Å². The van der Waals surface area contributed by atoms with Gasteiger partial charge < -0.3 is 14.5 Å². The second-order valence-electron chi connectivity index (χ2n) is 8.63. The van der Waals surface area contributed by atoms with E-state index in [1.165, 1.54) is 0 Å². The molecule has 3 aliphatic rings. The molecule has 3 rings (SSSR count). The highest BCUT2D eigenvalue weighted by Gasteiger charge is 2.45. The Morgan fingerprint density at radius 3 is 2.33 bits per heavy atom. The first-order valence-electron chi connectivity index (χ1n) is 9.12. The molecule has 0 saturated carbocycles. The van der Waals surface area contributed by atoms with Crippen LogP contribution in [-0.4, -0.2) is 58.5 Å². The van der Waals surface area contributed by atoms with Gasteiger partial charge in [0.1, 0.15) is 5.60 Å². The molecule has 3 saturated heterocycles. The van der Waals surface area contributed by atoms with Gasteiger partial charge in [0.05, 0.1) is 0 Å². The molecule has 0 aromatic heterocycles. The minimum atomic E-state index is -0.452. The highest BCUT2D eigenvalue weighted by atomic mass is 35.5. The number of ether oxygens (including phenoxy) is 1. The Labute approximate surface area is 149 Å². The van der Waals surface area contributed by atoms with Crippen molar-refractivity contribution in [3.05, 3.63) is 0 Å². The molecule has 0 N–H and O–H groups in total. The number of carbonyl (C=O) groups is 2. The van der Waals surface area contributed by atoms with Gasteiger partial charge in [-0.25, -0.2) is 4.79 Å². The normalized spacial score (nSPS) is 33.2. The van der Waals surface area contributed by atoms with Crippen LogP contribution in [0.5, 0.6) is 0 Å². The number of likely N-dealkylation sites (tertiary alicyclic amines) is 1. The molecular weight excluding hydrogens is 328 g/mol. The van der Waals surface area contributed by atoms with E-state index >= 15 is 0 Å². The Morgan fingerprint density at radius 2 is 1.83 bits per heavy atom. The fraction of sp³-hybridized carbons (Fsp3) is 0.889. The molecule has 0 aliphatic carbocycles. The highest BCUT2D eigenvalue weighted by Crippen LogP contribution is 2.40. The Bertz CT molecular complexity index is 491. The van der Waals surface area contributed by atoms with Crippen LogP contribution in [0, 0.1) is 11.8 Å². The first-order chi connectivity index (χ1) is 11.3. The molecular formula is C18H29ClN2O3. The van der Waals surface area contributed by atoms with E-state index in [0.717, 1.165) is 38.8 Å². The predicted molar refractivity (Wildman–Crippen MR) is 93.0 cm³/mol. The van der Waals surface area contributed by atoms with Crippen LogP contribution in [0.4, 0.5) is 4.79 Å². The lowest BCUT2D eigenvalue weighted by atomic mass is 9.90. The van der Waals surface area contributed by atoms with Crippen molar-refractivity contribution in [2.75, 3.05) is 19.0 Å². The SMILES string of the molecule is CC(C)(C)OC(=O)N1[C@@H]2CC[C@H]1CC(CN1CC(CCl)CC1=O)C2. The molecule has 6 heteroatoms. The molecule has 2 amide bonds. The van der Waals surface area contributed by atoms with Gasteiger partial charge in [0.2, 0.25) is 5.91 Å². The third-order valence-electron chi connectivity index (χ3n) is 5.43. The van der Waals surface area contributed by atoms with Crippen LogP contribution in [0.2, 0.25) is 0 Å². The lowest BCUT2D eigenvalue weighted by Crippen LogP contribution is -2.50. The zero-order valence-electron chi connectivity index (χ0n) is 15.0. The van der Waals surface area contributed by atoms with Gasteiger partial charge in [-0.2, -0.15) is 0 Å². The minimum absolute atomic E-state index is 0.173. The van der Waals surface area contributed by atoms with E-state index in [4.69, 9.17) is 16.3 Å². The molecule has 3 aliphatic heterocycles. The smallest absolute Gasteiger partial charge is 0.410 e. The average molecular weight is 357 g/mol. The van der Waals surface area contributed by atoms with Gasteiger partial charge in [0, 0.05) is 37.5 Å². The number of amides is 2. The van der Waals surface area contributed by atoms with Crippen molar-refractivity contribution in [2.24, 2.45) is 11.8 Å². The van der Waals surface area contributed by atoms with Crippen LogP contribution in [-0.2, 0) is 9.53 Å². The third kappa shape index (κ3) is 3.81. The standard InChI is InChI=1S/C18H29ClN2O3/c1-18(2,3)24-17(23)21-14-4-5-15(21)7-12(6-14)10-20-11-13(9-19)8-16(20)22/h12-15H,4-11H2,1-3H3/t12?,13?,14-,15+. The summed E-state index contributed by atoms with van der Waals surface area (Å²) in [6.07, 6.45) is 4.48. The Balaban J connectivity index is 1.57. The summed E-state index contributed by atoms with van der Waals surface area (Å²) in [6.45, 7) is 7.34. The van der Waals surface area contributed by atoms with Gasteiger partial charge in [0.25, 0.3) is 0 Å². The quantitative estimate of drug-likeness (QED) is 0.729. The summed E-state index contributed by atoms with van der Waals surface area (Å²) in [5.41, 5.74) is -0.452. The number of rotatable bonds is 3. The van der Waals surface area contributed by atoms with Crippen molar-refractivity contribution >= 4 is 23.6 Å². The molecule has 136 valence electrons. The summed E-state index contributed by atoms with van der Waals surface area (Å²) in [4.78, 5) is 28.5. The fourth-order valence-corrected chi connectivity index (χ4v) is 4.70. The summed E-state index contributed by atoms with van der Waals surface area (Å²) >= 11 is 5.91. The molecule has 2 unspecified atom stereocenters. The van der Waals surface area contributed by atoms with Crippen LogP contribution >= 0.6 is 11.6 Å². The number of fused-ring (bicyclic) bond motifs is 2. The number of hydrogen-bond acceptors (Lipinski definition) is 3. The Hall–Kier alpha value is -0.970. The summed E-state index contributed by atoms with van der Waals surface area (Å²) in [7, 11) is 0. The molecule has 3 fully saturated rings. The molecule has 0 aromatic carbocycles. The van der Waals surface area contributed by atoms with Crippen molar-refractivity contribution in [1.82, 2.24) is 9.80 Å². The van der Waals surface area contributed by atoms with Crippen LogP contribution < -0.4 is 0 Å². The molecule has 3 heterocycles. The average Bonchev–Trinajstić information content (AvgIpc) is 2.95. The monoisotopic (exact) mass is 356 g/mol. The second kappa shape index (κ2) is 6.74. The maximum Gasteiger partial charge on any atom is 0.410 e. The summed E-state index contributed by atoms with van der Waals surface area (Å²) in [5.74, 6) is 1.59. The number of nitrogens with zero attached hydrogens (tertiary/aromatic N) is 2. The number of halogens is 1. The first-order valence-corrected chi connectivity index (χ1v) is 9.65. The molecule has 0 spiro atoms. The lowest BCUT2D eigenvalue weighted by molar-refractivity contribution is -0.128. The van der Waals surface area contributed by atoms with E-state index in [1.54, 1.807) is 0 Å². The number of alkyl halides is 1. The van der Waals surface area contributed by atoms with Crippen molar-refractivity contribution in [2.45, 2.75) is 70.6 Å². The van der Waals surface area contributed by atoms with Gasteiger partial charge in [-0.15, -0.1) is 11.6 Å². The number of hydrogen-bond donors (Lipinski definition) is 0. The van der Waals surface area contributed by atoms with Gasteiger partial charge >= 0.3 is 6.09 Å². The van der Waals surface area contributed by atoms with E-state index in [1.807, 2.05) is 30.6 Å². The fourth-order valence-electron chi connectivity index (χ4n) is 4.50. The van der Waals surface area contributed by atoms with E-state index < -0.39 is 5.60 Å². The first kappa shape index (κ1) is 17.8. The molecule has 0 aromatic rings. The van der Waals surface area contributed by atoms with Gasteiger partial charge in [-0.3, -0.25) is 4.79 Å². The third-order valence-corrected chi connectivity index (χ3v) is 5.86. The second-order valence-corrected chi connectivity index (χ2v) is 8.94. The van der Waals surface area contributed by atoms with Crippen LogP contribution in [0.3, 0.4) is 0 Å². The van der Waals surface area contributed by atoms with Crippen molar-refractivity contribution < 1.29 is 14.3 Å². The highest BCUT2D eigenvalue weighted by molar-refractivity contribution is 6.18. The van der Waals surface area contributed by atoms with E-state index in [2.05, 4.69) is 0 Å². The van der Waals surface area contributed by atoms with E-state index in [0.29, 0.717) is 24.1 Å². The van der Waals surface area contributed by atoms with E-state index in [-0.39, 0.29) is 24.1 Å². The summed E-state index contributed by atoms with van der Waals surface area (Å²) in [5, 5.41) is 0. The molecule has 5 nitrogen and oxygen atoms in total. The molecule has 0 radical (unpaired) electrons. The zero-order chi connectivity index (χ0) is 17.5. The molecule has 24 heavy (non-hydrogen) atoms. The van der Waals surface area contributed by atoms with Gasteiger partial charge in [-0.05, 0) is 58.3 Å². The summed E-state index contributed by atoms with van der Waals surface area (Å²) < 4.78 is 5.58. The largest absolute Gasteiger partial charge is 0.444 e. The predicted octanol–water partition coefficient (Wildman–Crippen LogP) is 3.25. The molecule has 4 atom stereocenters. The minimum Gasteiger partial charge on any atom is -0.444 e. The molecule has 2 bridgehead atoms. The maximum atomic E-state index is 12.5. The maximum absolute atomic E-state index is 12.5. The Kier molecular flexibility index (Phi) is 5.01. The van der Waals surface area contributed by atoms with Gasteiger partial charge in [0.15, 0.2) is 0 Å². The Morgan fingerprint density at radius 1 is 1.21 bits per heavy atom. The number of carbonyl (C=O) groups excluding carboxylic acids is 2. The van der Waals surface area contributed by atoms with Crippen LogP contribution in [0.15, 0.2) is 0 Å².